The van der Waals surface area contributed by atoms with Gasteiger partial charge in [0.2, 0.25) is 0 Å². The van der Waals surface area contributed by atoms with E-state index in [1.165, 1.54) is 0 Å². The molecule has 7 heavy (non-hydrogen) atoms. The zero-order chi connectivity index (χ0) is 5.11. The van der Waals surface area contributed by atoms with Crippen molar-refractivity contribution in [3.8, 4) is 0 Å². The van der Waals surface area contributed by atoms with Crippen molar-refractivity contribution in [3.05, 3.63) is 12.0 Å². The predicted molar refractivity (Wildman–Crippen MR) is 31.0 cm³/mol. The van der Waals surface area contributed by atoms with E-state index in [0.717, 1.165) is 11.4 Å². The molecule has 0 spiro atoms. The molecular weight excluding hydrogens is 110 g/mol. The first-order chi connectivity index (χ1) is 3.43. The Kier molecular flexibility index (Phi) is 1.46. The molecule has 0 radical (unpaired) electrons. The van der Waals surface area contributed by atoms with Crippen molar-refractivity contribution < 1.29 is 4.74 Å². The Labute approximate surface area is 48.0 Å². The van der Waals surface area contributed by atoms with Gasteiger partial charge in [0.1, 0.15) is 6.26 Å². The summed E-state index contributed by atoms with van der Waals surface area (Å²) in [7, 11) is 0. The summed E-state index contributed by atoms with van der Waals surface area (Å²) < 4.78 is 4.83. The highest BCUT2D eigenvalue weighted by molar-refractivity contribution is 7.80. The Morgan fingerprint density at radius 1 is 2.00 bits per heavy atom. The maximum atomic E-state index is 4.83. The van der Waals surface area contributed by atoms with Gasteiger partial charge in [-0.2, -0.15) is 12.6 Å². The van der Waals surface area contributed by atoms with E-state index in [2.05, 4.69) is 17.9 Å². The van der Waals surface area contributed by atoms with Crippen molar-refractivity contribution in [1.29, 1.82) is 0 Å². The fraction of sp³-hybridized carbons (Fsp3) is 0.500. The molecule has 3 heteroatoms. The van der Waals surface area contributed by atoms with Crippen molar-refractivity contribution in [2.24, 2.45) is 0 Å². The van der Waals surface area contributed by atoms with E-state index in [9.17, 15) is 0 Å². The summed E-state index contributed by atoms with van der Waals surface area (Å²) in [6, 6.07) is 0. The molecule has 2 nitrogen and oxygen atoms in total. The van der Waals surface area contributed by atoms with Crippen LogP contribution in [0.3, 0.4) is 0 Å². The van der Waals surface area contributed by atoms with E-state index >= 15 is 0 Å². The summed E-state index contributed by atoms with van der Waals surface area (Å²) in [4.78, 5) is 0. The third-order valence-corrected chi connectivity index (χ3v) is 1.12. The first kappa shape index (κ1) is 4.84. The van der Waals surface area contributed by atoms with Gasteiger partial charge in [-0.15, -0.1) is 0 Å². The predicted octanol–water partition coefficient (Wildman–Crippen LogP) is 0.335. The first-order valence-electron chi connectivity index (χ1n) is 2.09. The van der Waals surface area contributed by atoms with Gasteiger partial charge in [-0.05, 0) is 0 Å². The van der Waals surface area contributed by atoms with Crippen molar-refractivity contribution in [1.82, 2.24) is 5.32 Å². The van der Waals surface area contributed by atoms with Gasteiger partial charge in [-0.25, -0.2) is 0 Å². The molecule has 0 bridgehead atoms. The van der Waals surface area contributed by atoms with Crippen LogP contribution >= 0.6 is 12.6 Å². The van der Waals surface area contributed by atoms with Crippen LogP contribution < -0.4 is 5.32 Å². The highest BCUT2D eigenvalue weighted by Crippen LogP contribution is 1.97. The molecule has 0 atom stereocenters. The second kappa shape index (κ2) is 2.12. The summed E-state index contributed by atoms with van der Waals surface area (Å²) in [6.07, 6.45) is 1.69. The summed E-state index contributed by atoms with van der Waals surface area (Å²) >= 11 is 4.00. The average Bonchev–Trinajstić information content (AvgIpc) is 2.14. The van der Waals surface area contributed by atoms with Gasteiger partial charge in [0.25, 0.3) is 0 Å². The lowest BCUT2D eigenvalue weighted by atomic mass is 10.6. The number of rotatable bonds is 1. The van der Waals surface area contributed by atoms with E-state index in [1.807, 2.05) is 0 Å². The van der Waals surface area contributed by atoms with Crippen molar-refractivity contribution in [2.75, 3.05) is 12.5 Å². The molecule has 0 aromatic rings. The molecule has 0 unspecified atom stereocenters. The van der Waals surface area contributed by atoms with Crippen LogP contribution in [-0.2, 0) is 4.74 Å². The number of ether oxygens (including phenoxy) is 1. The molecule has 0 aliphatic carbocycles. The molecule has 1 aliphatic heterocycles. The van der Waals surface area contributed by atoms with Crippen LogP contribution in [0.4, 0.5) is 0 Å². The third-order valence-electron chi connectivity index (χ3n) is 0.779. The molecule has 1 N–H and O–H groups in total. The lowest BCUT2D eigenvalue weighted by molar-refractivity contribution is 0.267. The van der Waals surface area contributed by atoms with Gasteiger partial charge >= 0.3 is 0 Å². The summed E-state index contributed by atoms with van der Waals surface area (Å²) in [6.45, 7) is 0.607. The van der Waals surface area contributed by atoms with Crippen LogP contribution in [0.15, 0.2) is 12.0 Å². The van der Waals surface area contributed by atoms with E-state index in [-0.39, 0.29) is 0 Å². The van der Waals surface area contributed by atoms with E-state index in [0.29, 0.717) is 6.73 Å². The number of thiol groups is 1. The minimum atomic E-state index is 0.607. The average molecular weight is 117 g/mol. The lowest BCUT2D eigenvalue weighted by Crippen LogP contribution is -2.08. The molecule has 1 rings (SSSR count). The Morgan fingerprint density at radius 2 is 2.86 bits per heavy atom. The molecule has 0 amide bonds. The van der Waals surface area contributed by atoms with Gasteiger partial charge in [0.05, 0.1) is 5.70 Å². The SMILES string of the molecule is SCC1=COCN1. The maximum absolute atomic E-state index is 4.83. The Balaban J connectivity index is 2.36. The maximum Gasteiger partial charge on any atom is 0.158 e. The number of hydrogen-bond acceptors (Lipinski definition) is 3. The normalized spacial score (nSPS) is 17.6. The van der Waals surface area contributed by atoms with E-state index in [1.54, 1.807) is 6.26 Å². The van der Waals surface area contributed by atoms with Gasteiger partial charge in [0, 0.05) is 5.75 Å². The molecule has 1 aliphatic rings. The minimum absolute atomic E-state index is 0.607. The van der Waals surface area contributed by atoms with E-state index < -0.39 is 0 Å². The fourth-order valence-electron chi connectivity index (χ4n) is 0.411. The molecule has 0 fully saturated rings. The Hall–Kier alpha value is -0.310. The summed E-state index contributed by atoms with van der Waals surface area (Å²) in [5, 5.41) is 2.97. The standard InChI is InChI=1S/C4H7NOS/c7-2-4-1-6-3-5-4/h1,5,7H,2-3H2. The Morgan fingerprint density at radius 3 is 3.14 bits per heavy atom. The van der Waals surface area contributed by atoms with E-state index in [4.69, 9.17) is 4.74 Å². The minimum Gasteiger partial charge on any atom is -0.479 e. The van der Waals surface area contributed by atoms with Crippen LogP contribution in [0, 0.1) is 0 Å². The highest BCUT2D eigenvalue weighted by atomic mass is 32.1. The smallest absolute Gasteiger partial charge is 0.158 e. The van der Waals surface area contributed by atoms with Gasteiger partial charge in [0.15, 0.2) is 6.73 Å². The van der Waals surface area contributed by atoms with Crippen molar-refractivity contribution >= 4 is 12.6 Å². The monoisotopic (exact) mass is 117 g/mol. The molecule has 0 aromatic carbocycles. The molecule has 0 saturated carbocycles. The second-order valence-electron chi connectivity index (χ2n) is 1.29. The summed E-state index contributed by atoms with van der Waals surface area (Å²) in [5.41, 5.74) is 1.06. The van der Waals surface area contributed by atoms with Crippen LogP contribution in [0.5, 0.6) is 0 Å². The van der Waals surface area contributed by atoms with Crippen molar-refractivity contribution in [3.63, 3.8) is 0 Å². The Bertz CT molecular complexity index is 91.7. The zero-order valence-electron chi connectivity index (χ0n) is 3.85. The van der Waals surface area contributed by atoms with Crippen LogP contribution in [0.25, 0.3) is 0 Å². The van der Waals surface area contributed by atoms with Crippen LogP contribution in [0.2, 0.25) is 0 Å². The molecule has 0 aromatic heterocycles. The lowest BCUT2D eigenvalue weighted by Gasteiger charge is -1.91. The fourth-order valence-corrected chi connectivity index (χ4v) is 0.598. The number of nitrogens with one attached hydrogen (secondary N) is 1. The van der Waals surface area contributed by atoms with Crippen LogP contribution in [0.1, 0.15) is 0 Å². The summed E-state index contributed by atoms with van der Waals surface area (Å²) in [5.74, 6) is 0.736. The number of hydrogen-bond donors (Lipinski definition) is 2. The largest absolute Gasteiger partial charge is 0.479 e. The molecule has 40 valence electrons. The van der Waals surface area contributed by atoms with Gasteiger partial charge < -0.3 is 10.1 Å². The molecule has 1 heterocycles. The molecule has 0 saturated heterocycles. The molecular formula is C4H7NOS. The van der Waals surface area contributed by atoms with Gasteiger partial charge in [-0.3, -0.25) is 0 Å². The van der Waals surface area contributed by atoms with Crippen molar-refractivity contribution in [2.45, 2.75) is 0 Å². The third kappa shape index (κ3) is 1.03. The highest BCUT2D eigenvalue weighted by Gasteiger charge is 1.97. The van der Waals surface area contributed by atoms with Gasteiger partial charge in [-0.1, -0.05) is 0 Å². The topological polar surface area (TPSA) is 21.3 Å². The quantitative estimate of drug-likeness (QED) is 0.483. The first-order valence-corrected chi connectivity index (χ1v) is 2.72. The van der Waals surface area contributed by atoms with Crippen LogP contribution in [-0.4, -0.2) is 12.5 Å². The zero-order valence-corrected chi connectivity index (χ0v) is 4.74. The second-order valence-corrected chi connectivity index (χ2v) is 1.61.